The molecule has 0 heterocycles. The molecule has 82 valence electrons. The summed E-state index contributed by atoms with van der Waals surface area (Å²) in [6.07, 6.45) is 0. The summed E-state index contributed by atoms with van der Waals surface area (Å²) in [5.74, 6) is -0.428. The molecule has 2 aromatic rings. The van der Waals surface area contributed by atoms with Crippen LogP contribution < -0.4 is 0 Å². The van der Waals surface area contributed by atoms with Crippen molar-refractivity contribution in [2.45, 2.75) is 5.38 Å². The molecule has 0 aliphatic rings. The van der Waals surface area contributed by atoms with Crippen molar-refractivity contribution in [3.05, 3.63) is 70.5 Å². The van der Waals surface area contributed by atoms with Crippen LogP contribution in [-0.4, -0.2) is 0 Å². The lowest BCUT2D eigenvalue weighted by Crippen LogP contribution is -1.93. The zero-order valence-electron chi connectivity index (χ0n) is 8.33. The first-order valence-electron chi connectivity index (χ1n) is 4.82. The van der Waals surface area contributed by atoms with Crippen molar-refractivity contribution >= 4 is 23.2 Å². The molecule has 0 aromatic heterocycles. The number of alkyl halides is 1. The minimum Gasteiger partial charge on any atom is -0.205 e. The summed E-state index contributed by atoms with van der Waals surface area (Å²) in [6, 6.07) is 14.1. The summed E-state index contributed by atoms with van der Waals surface area (Å²) in [7, 11) is 0. The zero-order chi connectivity index (χ0) is 11.5. The van der Waals surface area contributed by atoms with Crippen molar-refractivity contribution in [1.82, 2.24) is 0 Å². The molecule has 0 aliphatic carbocycles. The largest absolute Gasteiger partial charge is 0.205 e. The first kappa shape index (κ1) is 11.4. The van der Waals surface area contributed by atoms with Crippen molar-refractivity contribution in [1.29, 1.82) is 0 Å². The standard InChI is InChI=1S/C13H9Cl2F/c14-11-8-10(6-7-12(11)16)13(15)9-4-2-1-3-5-9/h1-8,13H. The lowest BCUT2D eigenvalue weighted by Gasteiger charge is -2.10. The van der Waals surface area contributed by atoms with Gasteiger partial charge in [-0.3, -0.25) is 0 Å². The van der Waals surface area contributed by atoms with E-state index in [9.17, 15) is 4.39 Å². The van der Waals surface area contributed by atoms with E-state index in [-0.39, 0.29) is 10.4 Å². The van der Waals surface area contributed by atoms with Gasteiger partial charge in [0, 0.05) is 0 Å². The Balaban J connectivity index is 2.34. The topological polar surface area (TPSA) is 0 Å². The molecule has 0 N–H and O–H groups in total. The van der Waals surface area contributed by atoms with Gasteiger partial charge < -0.3 is 0 Å². The SMILES string of the molecule is Fc1ccc(C(Cl)c2ccccc2)cc1Cl. The predicted molar refractivity (Wildman–Crippen MR) is 65.5 cm³/mol. The Kier molecular flexibility index (Phi) is 3.47. The molecule has 1 unspecified atom stereocenters. The van der Waals surface area contributed by atoms with E-state index < -0.39 is 5.82 Å². The van der Waals surface area contributed by atoms with E-state index in [1.165, 1.54) is 6.07 Å². The molecule has 0 bridgehead atoms. The highest BCUT2D eigenvalue weighted by atomic mass is 35.5. The Hall–Kier alpha value is -1.05. The van der Waals surface area contributed by atoms with Crippen LogP contribution in [0, 0.1) is 5.82 Å². The monoisotopic (exact) mass is 254 g/mol. The van der Waals surface area contributed by atoms with Crippen molar-refractivity contribution in [3.8, 4) is 0 Å². The number of rotatable bonds is 2. The summed E-state index contributed by atoms with van der Waals surface area (Å²) in [5.41, 5.74) is 1.76. The fourth-order valence-electron chi connectivity index (χ4n) is 1.48. The molecule has 1 atom stereocenters. The average Bonchev–Trinajstić information content (AvgIpc) is 2.33. The van der Waals surface area contributed by atoms with Gasteiger partial charge in [0.25, 0.3) is 0 Å². The highest BCUT2D eigenvalue weighted by molar-refractivity contribution is 6.31. The van der Waals surface area contributed by atoms with Crippen molar-refractivity contribution in [2.75, 3.05) is 0 Å². The van der Waals surface area contributed by atoms with Gasteiger partial charge in [-0.15, -0.1) is 11.6 Å². The molecule has 0 amide bonds. The third kappa shape index (κ3) is 2.37. The Morgan fingerprint density at radius 2 is 1.62 bits per heavy atom. The van der Waals surface area contributed by atoms with Crippen LogP contribution in [0.15, 0.2) is 48.5 Å². The van der Waals surface area contributed by atoms with Crippen LogP contribution in [0.4, 0.5) is 4.39 Å². The summed E-state index contributed by atoms with van der Waals surface area (Å²) >= 11 is 12.0. The number of hydrogen-bond acceptors (Lipinski definition) is 0. The fraction of sp³-hybridized carbons (Fsp3) is 0.0769. The van der Waals surface area contributed by atoms with Gasteiger partial charge in [-0.2, -0.15) is 0 Å². The molecule has 0 spiro atoms. The second-order valence-corrected chi connectivity index (χ2v) is 4.29. The number of benzene rings is 2. The van der Waals surface area contributed by atoms with E-state index >= 15 is 0 Å². The van der Waals surface area contributed by atoms with Crippen LogP contribution in [0.1, 0.15) is 16.5 Å². The van der Waals surface area contributed by atoms with E-state index in [0.29, 0.717) is 0 Å². The summed E-state index contributed by atoms with van der Waals surface area (Å²) in [6.45, 7) is 0. The smallest absolute Gasteiger partial charge is 0.141 e. The minimum atomic E-state index is -0.428. The Morgan fingerprint density at radius 3 is 2.25 bits per heavy atom. The molecule has 2 aromatic carbocycles. The predicted octanol–water partition coefficient (Wildman–Crippen LogP) is 4.81. The molecule has 3 heteroatoms. The van der Waals surface area contributed by atoms with Crippen LogP contribution in [0.2, 0.25) is 5.02 Å². The number of hydrogen-bond donors (Lipinski definition) is 0. The molecule has 0 saturated heterocycles. The van der Waals surface area contributed by atoms with Gasteiger partial charge in [-0.1, -0.05) is 48.0 Å². The first-order valence-corrected chi connectivity index (χ1v) is 5.64. The van der Waals surface area contributed by atoms with Gasteiger partial charge in [0.1, 0.15) is 5.82 Å². The van der Waals surface area contributed by atoms with E-state index in [1.54, 1.807) is 12.1 Å². The van der Waals surface area contributed by atoms with Gasteiger partial charge in [0.05, 0.1) is 10.4 Å². The van der Waals surface area contributed by atoms with E-state index in [4.69, 9.17) is 23.2 Å². The molecular formula is C13H9Cl2F. The van der Waals surface area contributed by atoms with Crippen LogP contribution in [0.25, 0.3) is 0 Å². The van der Waals surface area contributed by atoms with Crippen LogP contribution in [-0.2, 0) is 0 Å². The van der Waals surface area contributed by atoms with E-state index in [0.717, 1.165) is 11.1 Å². The maximum Gasteiger partial charge on any atom is 0.141 e. The van der Waals surface area contributed by atoms with Crippen molar-refractivity contribution in [3.63, 3.8) is 0 Å². The van der Waals surface area contributed by atoms with Gasteiger partial charge in [0.2, 0.25) is 0 Å². The molecular weight excluding hydrogens is 246 g/mol. The quantitative estimate of drug-likeness (QED) is 0.675. The maximum absolute atomic E-state index is 13.0. The molecule has 0 nitrogen and oxygen atoms in total. The third-order valence-electron chi connectivity index (χ3n) is 2.33. The minimum absolute atomic E-state index is 0.0964. The second kappa shape index (κ2) is 4.86. The Morgan fingerprint density at radius 1 is 0.938 bits per heavy atom. The average molecular weight is 255 g/mol. The van der Waals surface area contributed by atoms with Gasteiger partial charge in [-0.25, -0.2) is 4.39 Å². The molecule has 0 fully saturated rings. The molecule has 0 radical (unpaired) electrons. The molecule has 2 rings (SSSR count). The third-order valence-corrected chi connectivity index (χ3v) is 3.12. The second-order valence-electron chi connectivity index (χ2n) is 3.45. The van der Waals surface area contributed by atoms with Crippen molar-refractivity contribution < 1.29 is 4.39 Å². The van der Waals surface area contributed by atoms with Crippen LogP contribution in [0.3, 0.4) is 0 Å². The molecule has 16 heavy (non-hydrogen) atoms. The number of halogens is 3. The Bertz CT molecular complexity index is 483. The van der Waals surface area contributed by atoms with Crippen LogP contribution >= 0.6 is 23.2 Å². The Labute approximate surface area is 104 Å². The fourth-order valence-corrected chi connectivity index (χ4v) is 1.95. The van der Waals surface area contributed by atoms with Crippen molar-refractivity contribution in [2.24, 2.45) is 0 Å². The zero-order valence-corrected chi connectivity index (χ0v) is 9.84. The van der Waals surface area contributed by atoms with E-state index in [2.05, 4.69) is 0 Å². The van der Waals surface area contributed by atoms with Gasteiger partial charge in [-0.05, 0) is 23.3 Å². The summed E-state index contributed by atoms with van der Waals surface area (Å²) in [5, 5.41) is -0.210. The normalized spacial score (nSPS) is 12.4. The molecule has 0 saturated carbocycles. The maximum atomic E-state index is 13.0. The lowest BCUT2D eigenvalue weighted by molar-refractivity contribution is 0.627. The van der Waals surface area contributed by atoms with Gasteiger partial charge >= 0.3 is 0 Å². The highest BCUT2D eigenvalue weighted by Crippen LogP contribution is 2.30. The highest BCUT2D eigenvalue weighted by Gasteiger charge is 2.11. The first-order chi connectivity index (χ1) is 7.68. The molecule has 0 aliphatic heterocycles. The van der Waals surface area contributed by atoms with Crippen LogP contribution in [0.5, 0.6) is 0 Å². The summed E-state index contributed by atoms with van der Waals surface area (Å²) in [4.78, 5) is 0. The lowest BCUT2D eigenvalue weighted by atomic mass is 10.0. The van der Waals surface area contributed by atoms with E-state index in [1.807, 2.05) is 30.3 Å². The summed E-state index contributed by atoms with van der Waals surface area (Å²) < 4.78 is 13.0. The van der Waals surface area contributed by atoms with Gasteiger partial charge in [0.15, 0.2) is 0 Å².